The average molecular weight is 376 g/mol. The Morgan fingerprint density at radius 2 is 1.96 bits per heavy atom. The Labute approximate surface area is 154 Å². The Morgan fingerprint density at radius 3 is 2.59 bits per heavy atom. The van der Waals surface area contributed by atoms with Crippen LogP contribution in [-0.2, 0) is 4.74 Å². The van der Waals surface area contributed by atoms with Crippen LogP contribution in [0, 0.1) is 11.6 Å². The Bertz CT molecular complexity index is 867. The van der Waals surface area contributed by atoms with Crippen molar-refractivity contribution in [1.82, 2.24) is 0 Å². The molecule has 0 radical (unpaired) electrons. The van der Waals surface area contributed by atoms with Crippen molar-refractivity contribution in [3.8, 4) is 0 Å². The van der Waals surface area contributed by atoms with E-state index in [-0.39, 0.29) is 28.6 Å². The molecule has 1 amide bonds. The second-order valence-corrected chi connectivity index (χ2v) is 6.16. The van der Waals surface area contributed by atoms with Gasteiger partial charge in [-0.25, -0.2) is 13.6 Å². The summed E-state index contributed by atoms with van der Waals surface area (Å²) in [4.78, 5) is 23.0. The molecule has 0 aliphatic carbocycles. The van der Waals surface area contributed by atoms with Gasteiger partial charge >= 0.3 is 5.97 Å². The van der Waals surface area contributed by atoms with E-state index in [0.717, 1.165) is 37.1 Å². The predicted molar refractivity (Wildman–Crippen MR) is 95.2 cm³/mol. The van der Waals surface area contributed by atoms with Crippen molar-refractivity contribution < 1.29 is 28.2 Å². The third-order valence-corrected chi connectivity index (χ3v) is 4.23. The Balaban J connectivity index is 1.65. The molecule has 8 heteroatoms. The molecule has 2 aromatic rings. The summed E-state index contributed by atoms with van der Waals surface area (Å²) in [5.41, 5.74) is -0.167. The number of benzene rings is 2. The molecule has 1 unspecified atom stereocenters. The molecule has 6 nitrogen and oxygen atoms in total. The number of hydrogen-bond acceptors (Lipinski definition) is 4. The lowest BCUT2D eigenvalue weighted by Crippen LogP contribution is -2.19. The fraction of sp³-hybridized carbons (Fsp3) is 0.263. The van der Waals surface area contributed by atoms with Gasteiger partial charge in [0.1, 0.15) is 11.6 Å². The van der Waals surface area contributed by atoms with Crippen molar-refractivity contribution in [3.63, 3.8) is 0 Å². The van der Waals surface area contributed by atoms with Gasteiger partial charge in [0.25, 0.3) is 5.91 Å². The van der Waals surface area contributed by atoms with Crippen molar-refractivity contribution >= 4 is 23.3 Å². The van der Waals surface area contributed by atoms with Gasteiger partial charge in [0.2, 0.25) is 0 Å². The van der Waals surface area contributed by atoms with E-state index in [1.807, 2.05) is 0 Å². The molecular weight excluding hydrogens is 358 g/mol. The van der Waals surface area contributed by atoms with E-state index < -0.39 is 23.5 Å². The number of nitrogens with one attached hydrogen (secondary N) is 2. The monoisotopic (exact) mass is 376 g/mol. The summed E-state index contributed by atoms with van der Waals surface area (Å²) in [6.07, 6.45) is 1.97. The SMILES string of the molecule is O=C(O)c1ccc(C(=O)Nc2ccc(NCC3CCCO3)c(F)c2)c(F)c1. The van der Waals surface area contributed by atoms with Gasteiger partial charge < -0.3 is 20.5 Å². The van der Waals surface area contributed by atoms with Crippen LogP contribution in [0.3, 0.4) is 0 Å². The lowest BCUT2D eigenvalue weighted by molar-refractivity contribution is 0.0695. The molecule has 1 saturated heterocycles. The molecule has 142 valence electrons. The summed E-state index contributed by atoms with van der Waals surface area (Å²) in [6.45, 7) is 1.20. The first-order valence-electron chi connectivity index (χ1n) is 8.43. The van der Waals surface area contributed by atoms with E-state index in [4.69, 9.17) is 9.84 Å². The predicted octanol–water partition coefficient (Wildman–Crippen LogP) is 3.51. The highest BCUT2D eigenvalue weighted by atomic mass is 19.1. The molecule has 1 aliphatic heterocycles. The Hall–Kier alpha value is -3.00. The van der Waals surface area contributed by atoms with Gasteiger partial charge in [0.05, 0.1) is 22.9 Å². The molecule has 1 aliphatic rings. The van der Waals surface area contributed by atoms with Crippen molar-refractivity contribution in [2.45, 2.75) is 18.9 Å². The fourth-order valence-electron chi connectivity index (χ4n) is 2.80. The van der Waals surface area contributed by atoms with Crippen molar-refractivity contribution in [1.29, 1.82) is 0 Å². The van der Waals surface area contributed by atoms with Crippen LogP contribution < -0.4 is 10.6 Å². The molecule has 0 spiro atoms. The Morgan fingerprint density at radius 1 is 1.15 bits per heavy atom. The minimum atomic E-state index is -1.30. The molecule has 0 bridgehead atoms. The van der Waals surface area contributed by atoms with Gasteiger partial charge in [-0.05, 0) is 49.2 Å². The molecule has 0 aromatic heterocycles. The summed E-state index contributed by atoms with van der Waals surface area (Å²) in [5.74, 6) is -3.63. The number of halogens is 2. The summed E-state index contributed by atoms with van der Waals surface area (Å²) in [7, 11) is 0. The summed E-state index contributed by atoms with van der Waals surface area (Å²) < 4.78 is 33.6. The molecule has 3 rings (SSSR count). The average Bonchev–Trinajstić information content (AvgIpc) is 3.14. The number of aromatic carboxylic acids is 1. The molecule has 2 aromatic carbocycles. The van der Waals surface area contributed by atoms with Gasteiger partial charge in [-0.3, -0.25) is 4.79 Å². The zero-order chi connectivity index (χ0) is 19.4. The van der Waals surface area contributed by atoms with Gasteiger partial charge in [0, 0.05) is 18.8 Å². The lowest BCUT2D eigenvalue weighted by Gasteiger charge is -2.13. The molecule has 1 fully saturated rings. The van der Waals surface area contributed by atoms with Crippen LogP contribution in [-0.4, -0.2) is 36.2 Å². The highest BCUT2D eigenvalue weighted by Crippen LogP contribution is 2.21. The van der Waals surface area contributed by atoms with Gasteiger partial charge in [-0.15, -0.1) is 0 Å². The van der Waals surface area contributed by atoms with Crippen LogP contribution in [0.2, 0.25) is 0 Å². The zero-order valence-electron chi connectivity index (χ0n) is 14.3. The number of carbonyl (C=O) groups is 2. The Kier molecular flexibility index (Phi) is 5.66. The number of rotatable bonds is 6. The van der Waals surface area contributed by atoms with E-state index in [9.17, 15) is 18.4 Å². The van der Waals surface area contributed by atoms with Crippen LogP contribution in [0.5, 0.6) is 0 Å². The maximum Gasteiger partial charge on any atom is 0.335 e. The van der Waals surface area contributed by atoms with E-state index in [1.54, 1.807) is 0 Å². The van der Waals surface area contributed by atoms with Crippen LogP contribution in [0.15, 0.2) is 36.4 Å². The number of carboxylic acids is 1. The van der Waals surface area contributed by atoms with Crippen molar-refractivity contribution in [2.75, 3.05) is 23.8 Å². The van der Waals surface area contributed by atoms with E-state index in [2.05, 4.69) is 10.6 Å². The topological polar surface area (TPSA) is 87.7 Å². The van der Waals surface area contributed by atoms with Gasteiger partial charge in [-0.1, -0.05) is 0 Å². The third-order valence-electron chi connectivity index (χ3n) is 4.23. The summed E-state index contributed by atoms with van der Waals surface area (Å²) >= 11 is 0. The zero-order valence-corrected chi connectivity index (χ0v) is 14.3. The molecule has 27 heavy (non-hydrogen) atoms. The number of hydrogen-bond donors (Lipinski definition) is 3. The number of carboxylic acid groups (broad SMARTS) is 1. The molecule has 3 N–H and O–H groups in total. The van der Waals surface area contributed by atoms with Gasteiger partial charge in [-0.2, -0.15) is 0 Å². The second-order valence-electron chi connectivity index (χ2n) is 6.16. The van der Waals surface area contributed by atoms with Crippen molar-refractivity contribution in [2.24, 2.45) is 0 Å². The quantitative estimate of drug-likeness (QED) is 0.718. The first-order chi connectivity index (χ1) is 12.9. The highest BCUT2D eigenvalue weighted by molar-refractivity contribution is 6.05. The van der Waals surface area contributed by atoms with Crippen LogP contribution in [0.1, 0.15) is 33.6 Å². The smallest absolute Gasteiger partial charge is 0.335 e. The summed E-state index contributed by atoms with van der Waals surface area (Å²) in [5, 5.41) is 14.2. The van der Waals surface area contributed by atoms with E-state index >= 15 is 0 Å². The van der Waals surface area contributed by atoms with E-state index in [0.29, 0.717) is 13.2 Å². The van der Waals surface area contributed by atoms with Crippen LogP contribution in [0.25, 0.3) is 0 Å². The minimum Gasteiger partial charge on any atom is -0.478 e. The number of amides is 1. The molecular formula is C19H18F2N2O4. The maximum atomic E-state index is 14.2. The molecule has 1 heterocycles. The number of carbonyl (C=O) groups excluding carboxylic acids is 1. The largest absolute Gasteiger partial charge is 0.478 e. The molecule has 0 saturated carbocycles. The third kappa shape index (κ3) is 4.59. The van der Waals surface area contributed by atoms with Crippen LogP contribution >= 0.6 is 0 Å². The van der Waals surface area contributed by atoms with Crippen molar-refractivity contribution in [3.05, 3.63) is 59.2 Å². The number of ether oxygens (including phenoxy) is 1. The normalized spacial score (nSPS) is 16.1. The second kappa shape index (κ2) is 8.13. The highest BCUT2D eigenvalue weighted by Gasteiger charge is 2.17. The fourth-order valence-corrected chi connectivity index (χ4v) is 2.80. The molecule has 1 atom stereocenters. The van der Waals surface area contributed by atoms with E-state index in [1.165, 1.54) is 12.1 Å². The number of anilines is 2. The minimum absolute atomic E-state index is 0.0560. The first-order valence-corrected chi connectivity index (χ1v) is 8.43. The lowest BCUT2D eigenvalue weighted by atomic mass is 10.1. The van der Waals surface area contributed by atoms with Gasteiger partial charge in [0.15, 0.2) is 0 Å². The summed E-state index contributed by atoms with van der Waals surface area (Å²) in [6, 6.07) is 7.04. The standard InChI is InChI=1S/C19H18F2N2O4/c20-15-8-11(19(25)26)3-5-14(15)18(24)23-12-4-6-17(16(21)9-12)22-10-13-2-1-7-27-13/h3-6,8-9,13,22H,1-2,7,10H2,(H,23,24)(H,25,26). The first kappa shape index (κ1) is 18.8. The van der Waals surface area contributed by atoms with Crippen LogP contribution in [0.4, 0.5) is 20.2 Å². The maximum absolute atomic E-state index is 14.2.